The molecule has 0 aliphatic rings. The molecule has 0 unspecified atom stereocenters. The zero-order valence-electron chi connectivity index (χ0n) is 6.93. The number of anilines is 1. The summed E-state index contributed by atoms with van der Waals surface area (Å²) in [6, 6.07) is 1.18. The fraction of sp³-hybridized carbons (Fsp3) is 0.111. The minimum Gasteiger partial charge on any atom is -0.396 e. The van der Waals surface area contributed by atoms with Crippen molar-refractivity contribution in [2.24, 2.45) is 5.73 Å². The number of benzene rings is 1. The molecule has 1 atom stereocenters. The van der Waals surface area contributed by atoms with Crippen LogP contribution in [0.4, 0.5) is 14.5 Å². The second-order valence-corrected chi connectivity index (χ2v) is 2.66. The van der Waals surface area contributed by atoms with Gasteiger partial charge in [0.05, 0.1) is 11.7 Å². The summed E-state index contributed by atoms with van der Waals surface area (Å²) in [6.45, 7) is 3.38. The highest BCUT2D eigenvalue weighted by molar-refractivity contribution is 5.43. The zero-order chi connectivity index (χ0) is 10.0. The summed E-state index contributed by atoms with van der Waals surface area (Å²) in [6.07, 6.45) is 1.33. The Balaban J connectivity index is 3.22. The van der Waals surface area contributed by atoms with Crippen molar-refractivity contribution in [3.8, 4) is 0 Å². The van der Waals surface area contributed by atoms with E-state index in [1.807, 2.05) is 0 Å². The van der Waals surface area contributed by atoms with Crippen LogP contribution in [0.25, 0.3) is 0 Å². The first-order valence-electron chi connectivity index (χ1n) is 3.68. The lowest BCUT2D eigenvalue weighted by molar-refractivity contribution is 0.582. The molecule has 0 saturated heterocycles. The van der Waals surface area contributed by atoms with Crippen molar-refractivity contribution in [1.82, 2.24) is 0 Å². The van der Waals surface area contributed by atoms with E-state index < -0.39 is 17.7 Å². The van der Waals surface area contributed by atoms with Crippen LogP contribution in [0.15, 0.2) is 24.8 Å². The molecule has 0 bridgehead atoms. The van der Waals surface area contributed by atoms with Crippen molar-refractivity contribution in [3.63, 3.8) is 0 Å². The van der Waals surface area contributed by atoms with E-state index in [2.05, 4.69) is 6.58 Å². The monoisotopic (exact) mass is 184 g/mol. The van der Waals surface area contributed by atoms with Crippen LogP contribution in [0.2, 0.25) is 0 Å². The molecule has 0 amide bonds. The van der Waals surface area contributed by atoms with Gasteiger partial charge in [-0.1, -0.05) is 6.08 Å². The highest BCUT2D eigenvalue weighted by atomic mass is 19.1. The molecule has 0 spiro atoms. The molecule has 0 fully saturated rings. The molecule has 0 aliphatic carbocycles. The van der Waals surface area contributed by atoms with Gasteiger partial charge in [-0.3, -0.25) is 0 Å². The van der Waals surface area contributed by atoms with Gasteiger partial charge in [-0.05, 0) is 6.07 Å². The molecule has 70 valence electrons. The Morgan fingerprint density at radius 2 is 1.92 bits per heavy atom. The van der Waals surface area contributed by atoms with Crippen LogP contribution in [0.1, 0.15) is 11.6 Å². The molecule has 4 N–H and O–H groups in total. The predicted octanol–water partition coefficient (Wildman–Crippen LogP) is 1.73. The van der Waals surface area contributed by atoms with E-state index in [1.54, 1.807) is 0 Å². The fourth-order valence-electron chi connectivity index (χ4n) is 0.960. The first-order valence-corrected chi connectivity index (χ1v) is 3.68. The van der Waals surface area contributed by atoms with E-state index in [-0.39, 0.29) is 11.3 Å². The van der Waals surface area contributed by atoms with Gasteiger partial charge in [0, 0.05) is 11.6 Å². The van der Waals surface area contributed by atoms with E-state index in [4.69, 9.17) is 11.5 Å². The molecule has 4 heteroatoms. The smallest absolute Gasteiger partial charge is 0.146 e. The lowest BCUT2D eigenvalue weighted by Crippen LogP contribution is -2.10. The maximum Gasteiger partial charge on any atom is 0.146 e. The van der Waals surface area contributed by atoms with Crippen molar-refractivity contribution in [1.29, 1.82) is 0 Å². The molecule has 0 aliphatic heterocycles. The van der Waals surface area contributed by atoms with E-state index in [0.717, 1.165) is 12.1 Å². The maximum atomic E-state index is 13.1. The van der Waals surface area contributed by atoms with Crippen LogP contribution in [0.5, 0.6) is 0 Å². The van der Waals surface area contributed by atoms with Crippen molar-refractivity contribution < 1.29 is 8.78 Å². The first-order chi connectivity index (χ1) is 6.06. The summed E-state index contributed by atoms with van der Waals surface area (Å²) in [5.41, 5.74) is 10.4. The van der Waals surface area contributed by atoms with Crippen LogP contribution in [0, 0.1) is 11.6 Å². The van der Waals surface area contributed by atoms with Crippen molar-refractivity contribution in [3.05, 3.63) is 42.0 Å². The Bertz CT molecular complexity index is 337. The molecule has 0 aromatic heterocycles. The molecular weight excluding hydrogens is 174 g/mol. The minimum absolute atomic E-state index is 0.0571. The van der Waals surface area contributed by atoms with Gasteiger partial charge in [-0.15, -0.1) is 6.58 Å². The van der Waals surface area contributed by atoms with Gasteiger partial charge in [-0.2, -0.15) is 0 Å². The highest BCUT2D eigenvalue weighted by Crippen LogP contribution is 2.21. The summed E-state index contributed by atoms with van der Waals surface area (Å²) in [4.78, 5) is 0. The summed E-state index contributed by atoms with van der Waals surface area (Å²) in [5, 5.41) is 0. The molecule has 13 heavy (non-hydrogen) atoms. The Morgan fingerprint density at radius 1 is 1.31 bits per heavy atom. The predicted molar refractivity (Wildman–Crippen MR) is 47.9 cm³/mol. The van der Waals surface area contributed by atoms with Gasteiger partial charge < -0.3 is 11.5 Å². The molecule has 0 heterocycles. The third-order valence-corrected chi connectivity index (χ3v) is 1.73. The second kappa shape index (κ2) is 3.53. The molecule has 0 saturated carbocycles. The Morgan fingerprint density at radius 3 is 2.46 bits per heavy atom. The third kappa shape index (κ3) is 1.84. The van der Waals surface area contributed by atoms with Gasteiger partial charge in [0.1, 0.15) is 11.6 Å². The van der Waals surface area contributed by atoms with Crippen LogP contribution >= 0.6 is 0 Å². The number of nitrogen functional groups attached to an aromatic ring is 1. The molecule has 1 rings (SSSR count). The summed E-state index contributed by atoms with van der Waals surface area (Å²) < 4.78 is 26.0. The average Bonchev–Trinajstić information content (AvgIpc) is 2.10. The number of rotatable bonds is 2. The summed E-state index contributed by atoms with van der Waals surface area (Å²) >= 11 is 0. The number of hydrogen-bond acceptors (Lipinski definition) is 2. The van der Waals surface area contributed by atoms with Crippen molar-refractivity contribution >= 4 is 5.69 Å². The van der Waals surface area contributed by atoms with E-state index in [0.29, 0.717) is 0 Å². The van der Waals surface area contributed by atoms with Gasteiger partial charge in [-0.25, -0.2) is 8.78 Å². The van der Waals surface area contributed by atoms with Gasteiger partial charge in [0.2, 0.25) is 0 Å². The van der Waals surface area contributed by atoms with Gasteiger partial charge >= 0.3 is 0 Å². The van der Waals surface area contributed by atoms with Gasteiger partial charge in [0.25, 0.3) is 0 Å². The standard InChI is InChI=1S/C9H10F2N2/c1-2-8(12)5-3-7(11)9(13)4-6(5)10/h2-4,8H,1,12-13H2/t8-/m1/s1. The van der Waals surface area contributed by atoms with Crippen LogP contribution in [-0.4, -0.2) is 0 Å². The normalized spacial score (nSPS) is 12.5. The summed E-state index contributed by atoms with van der Waals surface area (Å²) in [7, 11) is 0. The number of hydrogen-bond donors (Lipinski definition) is 2. The zero-order valence-corrected chi connectivity index (χ0v) is 6.93. The largest absolute Gasteiger partial charge is 0.396 e. The lowest BCUT2D eigenvalue weighted by atomic mass is 10.1. The third-order valence-electron chi connectivity index (χ3n) is 1.73. The Hall–Kier alpha value is -1.42. The molecule has 1 aromatic carbocycles. The SMILES string of the molecule is C=C[C@@H](N)c1cc(F)c(N)cc1F. The van der Waals surface area contributed by atoms with Crippen LogP contribution < -0.4 is 11.5 Å². The van der Waals surface area contributed by atoms with E-state index >= 15 is 0 Å². The molecule has 2 nitrogen and oxygen atoms in total. The Labute approximate surface area is 74.8 Å². The topological polar surface area (TPSA) is 52.0 Å². The highest BCUT2D eigenvalue weighted by Gasteiger charge is 2.11. The lowest BCUT2D eigenvalue weighted by Gasteiger charge is -2.08. The number of nitrogens with two attached hydrogens (primary N) is 2. The van der Waals surface area contributed by atoms with Gasteiger partial charge in [0.15, 0.2) is 0 Å². The van der Waals surface area contributed by atoms with Crippen molar-refractivity contribution in [2.75, 3.05) is 5.73 Å². The molecule has 0 radical (unpaired) electrons. The minimum atomic E-state index is -0.713. The molecular formula is C9H10F2N2. The maximum absolute atomic E-state index is 13.1. The van der Waals surface area contributed by atoms with Crippen LogP contribution in [-0.2, 0) is 0 Å². The van der Waals surface area contributed by atoms with Crippen molar-refractivity contribution in [2.45, 2.75) is 6.04 Å². The average molecular weight is 184 g/mol. The van der Waals surface area contributed by atoms with E-state index in [1.165, 1.54) is 6.08 Å². The quantitative estimate of drug-likeness (QED) is 0.543. The fourth-order valence-corrected chi connectivity index (χ4v) is 0.960. The molecule has 1 aromatic rings. The van der Waals surface area contributed by atoms with E-state index in [9.17, 15) is 8.78 Å². The number of halogens is 2. The Kier molecular flexibility index (Phi) is 2.63. The summed E-state index contributed by atoms with van der Waals surface area (Å²) in [5.74, 6) is -1.29. The first kappa shape index (κ1) is 9.67. The second-order valence-electron chi connectivity index (χ2n) is 2.66. The van der Waals surface area contributed by atoms with Crippen LogP contribution in [0.3, 0.4) is 0 Å².